The largest absolute Gasteiger partial charge is 0.384 e. The zero-order valence-electron chi connectivity index (χ0n) is 15.5. The molecule has 148 valence electrons. The average Bonchev–Trinajstić information content (AvgIpc) is 3.00. The number of hydrogen-bond donors (Lipinski definition) is 3. The van der Waals surface area contributed by atoms with Gasteiger partial charge in [-0.15, -0.1) is 0 Å². The second kappa shape index (κ2) is 8.53. The van der Waals surface area contributed by atoms with E-state index in [0.717, 1.165) is 11.1 Å². The van der Waals surface area contributed by atoms with Crippen LogP contribution >= 0.6 is 0 Å². The lowest BCUT2D eigenvalue weighted by atomic mass is 10.1. The number of aryl methyl sites for hydroxylation is 1. The van der Waals surface area contributed by atoms with E-state index in [1.807, 2.05) is 36.4 Å². The number of amides is 1. The lowest BCUT2D eigenvalue weighted by Crippen LogP contribution is -2.42. The number of nitrogens with two attached hydrogens (primary N) is 1. The van der Waals surface area contributed by atoms with Crippen molar-refractivity contribution in [2.24, 2.45) is 5.73 Å². The normalized spacial score (nSPS) is 17.1. The van der Waals surface area contributed by atoms with Crippen molar-refractivity contribution in [3.8, 4) is 0 Å². The number of likely N-dealkylation sites (tertiary alicyclic amines) is 1. The summed E-state index contributed by atoms with van der Waals surface area (Å²) in [5.74, 6) is -0.309. The summed E-state index contributed by atoms with van der Waals surface area (Å²) in [6, 6.07) is 15.8. The highest BCUT2D eigenvalue weighted by Crippen LogP contribution is 2.17. The van der Waals surface area contributed by atoms with E-state index < -0.39 is 16.1 Å². The predicted octanol–water partition coefficient (Wildman–Crippen LogP) is 1.23. The number of benzene rings is 2. The highest BCUT2D eigenvalue weighted by Gasteiger charge is 2.34. The van der Waals surface area contributed by atoms with Crippen LogP contribution in [0.4, 0.5) is 0 Å². The van der Waals surface area contributed by atoms with Crippen LogP contribution in [-0.2, 0) is 27.8 Å². The van der Waals surface area contributed by atoms with Gasteiger partial charge in [-0.2, -0.15) is 0 Å². The first kappa shape index (κ1) is 20.0. The molecule has 0 aromatic heterocycles. The van der Waals surface area contributed by atoms with Gasteiger partial charge in [0.1, 0.15) is 11.9 Å². The van der Waals surface area contributed by atoms with Crippen molar-refractivity contribution in [2.45, 2.75) is 25.4 Å². The van der Waals surface area contributed by atoms with Crippen LogP contribution in [0.5, 0.6) is 0 Å². The number of hydrogen-bond acceptors (Lipinski definition) is 4. The fraction of sp³-hybridized carbons (Fsp3) is 0.300. The number of carbonyl (C=O) groups is 1. The summed E-state index contributed by atoms with van der Waals surface area (Å²) < 4.78 is 27.3. The minimum atomic E-state index is -3.55. The molecule has 2 aromatic rings. The van der Waals surface area contributed by atoms with E-state index in [-0.39, 0.29) is 17.5 Å². The number of nitrogens with zero attached hydrogens (tertiary/aromatic N) is 1. The predicted molar refractivity (Wildman–Crippen MR) is 108 cm³/mol. The number of rotatable bonds is 8. The number of nitrogen functional groups attached to an aromatic ring is 1. The van der Waals surface area contributed by atoms with Gasteiger partial charge in [-0.25, -0.2) is 13.1 Å². The second-order valence-corrected chi connectivity index (χ2v) is 8.76. The van der Waals surface area contributed by atoms with Crippen LogP contribution in [0, 0.1) is 5.41 Å². The highest BCUT2D eigenvalue weighted by atomic mass is 32.2. The molecule has 1 aliphatic rings. The third-order valence-electron chi connectivity index (χ3n) is 4.73. The first-order valence-corrected chi connectivity index (χ1v) is 10.8. The third-order valence-corrected chi connectivity index (χ3v) is 6.12. The van der Waals surface area contributed by atoms with Crippen molar-refractivity contribution >= 4 is 21.8 Å². The van der Waals surface area contributed by atoms with Crippen molar-refractivity contribution in [3.05, 3.63) is 71.3 Å². The van der Waals surface area contributed by atoms with Gasteiger partial charge in [0, 0.05) is 18.7 Å². The highest BCUT2D eigenvalue weighted by molar-refractivity contribution is 7.89. The van der Waals surface area contributed by atoms with Crippen molar-refractivity contribution in [3.63, 3.8) is 0 Å². The van der Waals surface area contributed by atoms with Crippen molar-refractivity contribution in [1.82, 2.24) is 9.62 Å². The Labute approximate surface area is 165 Å². The molecule has 2 aromatic carbocycles. The van der Waals surface area contributed by atoms with E-state index in [0.29, 0.717) is 31.5 Å². The molecule has 1 fully saturated rings. The molecule has 1 saturated heterocycles. The van der Waals surface area contributed by atoms with E-state index >= 15 is 0 Å². The molecule has 0 bridgehead atoms. The summed E-state index contributed by atoms with van der Waals surface area (Å²) in [4.78, 5) is 14.2. The van der Waals surface area contributed by atoms with E-state index in [2.05, 4.69) is 4.72 Å². The Kier molecular flexibility index (Phi) is 6.11. The first-order chi connectivity index (χ1) is 13.3. The molecule has 8 heteroatoms. The summed E-state index contributed by atoms with van der Waals surface area (Å²) >= 11 is 0. The lowest BCUT2D eigenvalue weighted by Gasteiger charge is -2.18. The monoisotopic (exact) mass is 400 g/mol. The van der Waals surface area contributed by atoms with Crippen LogP contribution < -0.4 is 10.5 Å². The number of sulfonamides is 1. The molecule has 1 unspecified atom stereocenters. The zero-order chi connectivity index (χ0) is 20.1. The Morgan fingerprint density at radius 3 is 2.57 bits per heavy atom. The van der Waals surface area contributed by atoms with Gasteiger partial charge in [-0.3, -0.25) is 10.2 Å². The number of amidine groups is 1. The van der Waals surface area contributed by atoms with E-state index in [1.165, 1.54) is 0 Å². The van der Waals surface area contributed by atoms with Crippen molar-refractivity contribution < 1.29 is 13.2 Å². The summed E-state index contributed by atoms with van der Waals surface area (Å²) in [6.45, 7) is 0.844. The Bertz CT molecular complexity index is 960. The summed E-state index contributed by atoms with van der Waals surface area (Å²) in [5, 5.41) is 7.51. The van der Waals surface area contributed by atoms with Crippen LogP contribution in [0.25, 0.3) is 0 Å². The van der Waals surface area contributed by atoms with E-state index in [9.17, 15) is 13.2 Å². The zero-order valence-corrected chi connectivity index (χ0v) is 16.3. The Hall–Kier alpha value is -2.71. The van der Waals surface area contributed by atoms with Crippen LogP contribution in [0.3, 0.4) is 0 Å². The molecule has 0 spiro atoms. The quantitative estimate of drug-likeness (QED) is 0.456. The SMILES string of the molecule is N=C(N)c1cccc(CN2CCC(NS(=O)(=O)CCc3ccccc3)C2=O)c1. The molecular formula is C20H24N4O3S. The van der Waals surface area contributed by atoms with Crippen LogP contribution in [0.15, 0.2) is 54.6 Å². The Morgan fingerprint density at radius 1 is 1.14 bits per heavy atom. The van der Waals surface area contributed by atoms with Gasteiger partial charge in [-0.05, 0) is 30.0 Å². The Morgan fingerprint density at radius 2 is 1.86 bits per heavy atom. The smallest absolute Gasteiger partial charge is 0.241 e. The summed E-state index contributed by atoms with van der Waals surface area (Å²) in [5.41, 5.74) is 7.90. The van der Waals surface area contributed by atoms with Gasteiger partial charge in [0.05, 0.1) is 5.75 Å². The maximum absolute atomic E-state index is 12.6. The standard InChI is InChI=1S/C20H24N4O3S/c21-19(22)17-8-4-7-16(13-17)14-24-11-9-18(20(24)25)23-28(26,27)12-10-15-5-2-1-3-6-15/h1-8,13,18,23H,9-12,14H2,(H3,21,22). The number of nitrogens with one attached hydrogen (secondary N) is 2. The molecule has 0 saturated carbocycles. The topological polar surface area (TPSA) is 116 Å². The second-order valence-electron chi connectivity index (χ2n) is 6.89. The average molecular weight is 401 g/mol. The maximum Gasteiger partial charge on any atom is 0.241 e. The van der Waals surface area contributed by atoms with Crippen molar-refractivity contribution in [2.75, 3.05) is 12.3 Å². The van der Waals surface area contributed by atoms with Crippen LogP contribution in [0.2, 0.25) is 0 Å². The molecule has 7 nitrogen and oxygen atoms in total. The summed E-state index contributed by atoms with van der Waals surface area (Å²) in [7, 11) is -3.55. The molecule has 3 rings (SSSR count). The molecule has 1 atom stereocenters. The Balaban J connectivity index is 1.57. The van der Waals surface area contributed by atoms with Gasteiger partial charge >= 0.3 is 0 Å². The van der Waals surface area contributed by atoms with Crippen LogP contribution in [0.1, 0.15) is 23.1 Å². The number of carbonyl (C=O) groups excluding carboxylic acids is 1. The minimum Gasteiger partial charge on any atom is -0.384 e. The molecule has 0 radical (unpaired) electrons. The van der Waals surface area contributed by atoms with Gasteiger partial charge in [0.2, 0.25) is 15.9 Å². The maximum atomic E-state index is 12.6. The molecule has 1 aliphatic heterocycles. The molecule has 1 heterocycles. The molecule has 0 aliphatic carbocycles. The summed E-state index contributed by atoms with van der Waals surface area (Å²) in [6.07, 6.45) is 0.842. The van der Waals surface area contributed by atoms with Gasteiger partial charge < -0.3 is 10.6 Å². The molecule has 4 N–H and O–H groups in total. The van der Waals surface area contributed by atoms with Gasteiger partial charge in [-0.1, -0.05) is 48.5 Å². The third kappa shape index (κ3) is 5.17. The first-order valence-electron chi connectivity index (χ1n) is 9.10. The molecule has 28 heavy (non-hydrogen) atoms. The van der Waals surface area contributed by atoms with Gasteiger partial charge in [0.15, 0.2) is 0 Å². The fourth-order valence-electron chi connectivity index (χ4n) is 3.24. The van der Waals surface area contributed by atoms with Gasteiger partial charge in [0.25, 0.3) is 0 Å². The van der Waals surface area contributed by atoms with Crippen LogP contribution in [-0.4, -0.2) is 43.4 Å². The lowest BCUT2D eigenvalue weighted by molar-refractivity contribution is -0.129. The molecule has 1 amide bonds. The minimum absolute atomic E-state index is 0.0290. The molecular weight excluding hydrogens is 376 g/mol. The van der Waals surface area contributed by atoms with E-state index in [1.54, 1.807) is 23.1 Å². The van der Waals surface area contributed by atoms with Crippen molar-refractivity contribution in [1.29, 1.82) is 5.41 Å². The fourth-order valence-corrected chi connectivity index (χ4v) is 4.51. The van der Waals surface area contributed by atoms with E-state index in [4.69, 9.17) is 11.1 Å².